The van der Waals surface area contributed by atoms with Crippen molar-refractivity contribution in [3.05, 3.63) is 38.3 Å². The molecule has 0 saturated carbocycles. The van der Waals surface area contributed by atoms with E-state index in [9.17, 15) is 19.7 Å². The highest BCUT2D eigenvalue weighted by atomic mass is 79.9. The lowest BCUT2D eigenvalue weighted by Crippen LogP contribution is -2.32. The highest BCUT2D eigenvalue weighted by molar-refractivity contribution is 9.10. The van der Waals surface area contributed by atoms with Crippen LogP contribution in [0.3, 0.4) is 0 Å². The summed E-state index contributed by atoms with van der Waals surface area (Å²) in [6, 6.07) is 4.12. The molecule has 1 aromatic carbocycles. The average molecular weight is 359 g/mol. The van der Waals surface area contributed by atoms with Crippen LogP contribution in [-0.4, -0.2) is 28.5 Å². The Morgan fingerprint density at radius 2 is 2.05 bits per heavy atom. The number of carbonyl (C=O) groups excluding carboxylic acids is 1. The number of aliphatic carboxylic acids is 1. The number of carbonyl (C=O) groups is 2. The van der Waals surface area contributed by atoms with Gasteiger partial charge in [-0.1, -0.05) is 15.9 Å². The first-order valence-corrected chi connectivity index (χ1v) is 6.90. The van der Waals surface area contributed by atoms with Crippen molar-refractivity contribution in [3.8, 4) is 0 Å². The van der Waals surface area contributed by atoms with Gasteiger partial charge in [0.15, 0.2) is 0 Å². The molecule has 1 aromatic rings. The maximum absolute atomic E-state index is 12.0. The fourth-order valence-electron chi connectivity index (χ4n) is 1.54. The lowest BCUT2D eigenvalue weighted by atomic mass is 9.90. The summed E-state index contributed by atoms with van der Waals surface area (Å²) in [4.78, 5) is 33.2. The molecule has 1 amide bonds. The highest BCUT2D eigenvalue weighted by Gasteiger charge is 2.27. The van der Waals surface area contributed by atoms with E-state index in [0.29, 0.717) is 4.47 Å². The second-order valence-corrected chi connectivity index (χ2v) is 6.03. The van der Waals surface area contributed by atoms with E-state index < -0.39 is 22.2 Å². The van der Waals surface area contributed by atoms with Crippen LogP contribution in [0.4, 0.5) is 5.69 Å². The third kappa shape index (κ3) is 4.52. The van der Waals surface area contributed by atoms with Gasteiger partial charge in [-0.05, 0) is 32.4 Å². The van der Waals surface area contributed by atoms with Gasteiger partial charge in [0.05, 0.1) is 10.3 Å². The second-order valence-electron chi connectivity index (χ2n) is 5.11. The molecule has 0 bridgehead atoms. The van der Waals surface area contributed by atoms with Gasteiger partial charge in [0.1, 0.15) is 5.56 Å². The Hall–Kier alpha value is -1.96. The first kappa shape index (κ1) is 17.1. The molecule has 114 valence electrons. The van der Waals surface area contributed by atoms with E-state index in [4.69, 9.17) is 5.11 Å². The summed E-state index contributed by atoms with van der Waals surface area (Å²) in [6.07, 6.45) is 0.221. The van der Waals surface area contributed by atoms with Crippen LogP contribution in [-0.2, 0) is 4.79 Å². The van der Waals surface area contributed by atoms with Gasteiger partial charge >= 0.3 is 5.97 Å². The number of hydrogen-bond acceptors (Lipinski definition) is 4. The minimum atomic E-state index is -0.973. The minimum absolute atomic E-state index is 0.0590. The number of nitro groups is 1. The zero-order chi connectivity index (χ0) is 16.2. The number of amides is 1. The van der Waals surface area contributed by atoms with Crippen LogP contribution >= 0.6 is 15.9 Å². The Bertz CT molecular complexity index is 586. The van der Waals surface area contributed by atoms with Crippen molar-refractivity contribution in [1.82, 2.24) is 5.32 Å². The summed E-state index contributed by atoms with van der Waals surface area (Å²) in [7, 11) is 0. The summed E-state index contributed by atoms with van der Waals surface area (Å²) in [6.45, 7) is 3.21. The topological polar surface area (TPSA) is 110 Å². The van der Waals surface area contributed by atoms with Crippen molar-refractivity contribution < 1.29 is 19.6 Å². The van der Waals surface area contributed by atoms with Gasteiger partial charge in [0, 0.05) is 17.1 Å². The fourth-order valence-corrected chi connectivity index (χ4v) is 1.89. The molecule has 0 spiro atoms. The first-order valence-electron chi connectivity index (χ1n) is 6.10. The molecule has 0 atom stereocenters. The number of carboxylic acid groups (broad SMARTS) is 1. The number of hydrogen-bond donors (Lipinski definition) is 2. The van der Waals surface area contributed by atoms with Crippen LogP contribution in [0, 0.1) is 15.5 Å². The summed E-state index contributed by atoms with van der Waals surface area (Å²) in [5.41, 5.74) is -1.34. The zero-order valence-electron chi connectivity index (χ0n) is 11.6. The van der Waals surface area contributed by atoms with Gasteiger partial charge in [0.2, 0.25) is 0 Å². The first-order chi connectivity index (χ1) is 9.65. The van der Waals surface area contributed by atoms with Gasteiger partial charge in [-0.25, -0.2) is 0 Å². The van der Waals surface area contributed by atoms with Crippen molar-refractivity contribution in [1.29, 1.82) is 0 Å². The summed E-state index contributed by atoms with van der Waals surface area (Å²) >= 11 is 3.11. The summed E-state index contributed by atoms with van der Waals surface area (Å²) in [5.74, 6) is -1.57. The Kier molecular flexibility index (Phi) is 5.42. The number of nitro benzene ring substituents is 1. The van der Waals surface area contributed by atoms with Crippen molar-refractivity contribution in [2.45, 2.75) is 20.3 Å². The van der Waals surface area contributed by atoms with Crippen molar-refractivity contribution in [2.24, 2.45) is 5.41 Å². The zero-order valence-corrected chi connectivity index (χ0v) is 13.1. The number of benzene rings is 1. The van der Waals surface area contributed by atoms with Crippen LogP contribution in [0.1, 0.15) is 30.6 Å². The van der Waals surface area contributed by atoms with Crippen molar-refractivity contribution in [2.75, 3.05) is 6.54 Å². The van der Waals surface area contributed by atoms with Crippen LogP contribution in [0.5, 0.6) is 0 Å². The van der Waals surface area contributed by atoms with Crippen LogP contribution in [0.15, 0.2) is 22.7 Å². The lowest BCUT2D eigenvalue weighted by Gasteiger charge is -2.18. The predicted molar refractivity (Wildman–Crippen MR) is 79.2 cm³/mol. The number of carboxylic acids is 1. The van der Waals surface area contributed by atoms with Gasteiger partial charge < -0.3 is 10.4 Å². The predicted octanol–water partition coefficient (Wildman–Crippen LogP) is 2.59. The Morgan fingerprint density at radius 3 is 2.57 bits per heavy atom. The molecule has 0 radical (unpaired) electrons. The maximum atomic E-state index is 12.0. The van der Waals surface area contributed by atoms with Crippen molar-refractivity contribution >= 4 is 33.5 Å². The number of halogens is 1. The molecular weight excluding hydrogens is 344 g/mol. The quantitative estimate of drug-likeness (QED) is 0.599. The second kappa shape index (κ2) is 6.66. The van der Waals surface area contributed by atoms with E-state index >= 15 is 0 Å². The molecule has 8 heteroatoms. The average Bonchev–Trinajstić information content (AvgIpc) is 2.37. The number of nitrogens with zero attached hydrogens (tertiary/aromatic N) is 1. The number of rotatable bonds is 6. The Morgan fingerprint density at radius 1 is 1.43 bits per heavy atom. The highest BCUT2D eigenvalue weighted by Crippen LogP contribution is 2.24. The molecule has 0 aliphatic rings. The SMILES string of the molecule is CC(C)(CCNC(=O)c1ccc(Br)cc1[N+](=O)[O-])C(=O)O. The molecule has 2 N–H and O–H groups in total. The van der Waals surface area contributed by atoms with E-state index in [1.807, 2.05) is 0 Å². The van der Waals surface area contributed by atoms with E-state index in [2.05, 4.69) is 21.2 Å². The van der Waals surface area contributed by atoms with Gasteiger partial charge in [-0.3, -0.25) is 19.7 Å². The smallest absolute Gasteiger partial charge is 0.309 e. The van der Waals surface area contributed by atoms with Gasteiger partial charge in [-0.15, -0.1) is 0 Å². The Labute approximate surface area is 129 Å². The molecule has 0 saturated heterocycles. The minimum Gasteiger partial charge on any atom is -0.481 e. The Balaban J connectivity index is 2.78. The third-order valence-electron chi connectivity index (χ3n) is 3.02. The van der Waals surface area contributed by atoms with Crippen LogP contribution in [0.25, 0.3) is 0 Å². The lowest BCUT2D eigenvalue weighted by molar-refractivity contribution is -0.385. The maximum Gasteiger partial charge on any atom is 0.309 e. The molecule has 0 heterocycles. The fraction of sp³-hybridized carbons (Fsp3) is 0.385. The molecule has 0 aliphatic carbocycles. The van der Waals surface area contributed by atoms with Crippen LogP contribution in [0.2, 0.25) is 0 Å². The van der Waals surface area contributed by atoms with E-state index in [1.165, 1.54) is 18.2 Å². The normalized spacial score (nSPS) is 11.0. The molecule has 0 aliphatic heterocycles. The van der Waals surface area contributed by atoms with Crippen molar-refractivity contribution in [3.63, 3.8) is 0 Å². The largest absolute Gasteiger partial charge is 0.481 e. The molecule has 0 unspecified atom stereocenters. The molecule has 7 nitrogen and oxygen atoms in total. The van der Waals surface area contributed by atoms with Crippen LogP contribution < -0.4 is 5.32 Å². The van der Waals surface area contributed by atoms with Gasteiger partial charge in [0.25, 0.3) is 11.6 Å². The number of nitrogens with one attached hydrogen (secondary N) is 1. The molecule has 1 rings (SSSR count). The standard InChI is InChI=1S/C13H15BrN2O5/c1-13(2,12(18)19)5-6-15-11(17)9-4-3-8(14)7-10(9)16(20)21/h3-4,7H,5-6H2,1-2H3,(H,15,17)(H,18,19). The van der Waals surface area contributed by atoms with E-state index in [-0.39, 0.29) is 24.2 Å². The molecule has 0 aromatic heterocycles. The summed E-state index contributed by atoms with van der Waals surface area (Å²) < 4.78 is 0.498. The molecular formula is C13H15BrN2O5. The molecule has 21 heavy (non-hydrogen) atoms. The monoisotopic (exact) mass is 358 g/mol. The van der Waals surface area contributed by atoms with E-state index in [0.717, 1.165) is 0 Å². The van der Waals surface area contributed by atoms with Gasteiger partial charge in [-0.2, -0.15) is 0 Å². The third-order valence-corrected chi connectivity index (χ3v) is 3.51. The molecule has 0 fully saturated rings. The summed E-state index contributed by atoms with van der Waals surface area (Å²) in [5, 5.41) is 22.4. The van der Waals surface area contributed by atoms with E-state index in [1.54, 1.807) is 13.8 Å².